The molecule has 0 radical (unpaired) electrons. The van der Waals surface area contributed by atoms with Crippen molar-refractivity contribution in [2.45, 2.75) is 6.54 Å². The highest BCUT2D eigenvalue weighted by atomic mass is 16.5. The van der Waals surface area contributed by atoms with Crippen LogP contribution in [0.25, 0.3) is 16.9 Å². The summed E-state index contributed by atoms with van der Waals surface area (Å²) in [5.74, 6) is 0.392. The van der Waals surface area contributed by atoms with E-state index in [1.54, 1.807) is 24.2 Å². The van der Waals surface area contributed by atoms with Crippen molar-refractivity contribution < 1.29 is 9.53 Å². The van der Waals surface area contributed by atoms with Gasteiger partial charge >= 0.3 is 0 Å². The number of hydrogen-bond donors (Lipinski definition) is 1. The Bertz CT molecular complexity index is 1110. The van der Waals surface area contributed by atoms with Crippen molar-refractivity contribution in [1.82, 2.24) is 25.3 Å². The second-order valence-corrected chi connectivity index (χ2v) is 6.30. The van der Waals surface area contributed by atoms with E-state index in [0.29, 0.717) is 18.0 Å². The third-order valence-electron chi connectivity index (χ3n) is 4.43. The minimum atomic E-state index is -0.296. The van der Waals surface area contributed by atoms with Crippen molar-refractivity contribution in [3.05, 3.63) is 90.4 Å². The van der Waals surface area contributed by atoms with Gasteiger partial charge in [0, 0.05) is 30.6 Å². The van der Waals surface area contributed by atoms with Crippen LogP contribution >= 0.6 is 0 Å². The molecule has 29 heavy (non-hydrogen) atoms. The molecular formula is C22H19N5O2. The Morgan fingerprint density at radius 3 is 2.59 bits per heavy atom. The third kappa shape index (κ3) is 3.98. The van der Waals surface area contributed by atoms with Gasteiger partial charge in [0.25, 0.3) is 5.91 Å². The summed E-state index contributed by atoms with van der Waals surface area (Å²) in [5, 5.41) is 11.3. The van der Waals surface area contributed by atoms with Gasteiger partial charge in [-0.25, -0.2) is 4.68 Å². The normalized spacial score (nSPS) is 10.5. The van der Waals surface area contributed by atoms with Crippen molar-refractivity contribution in [3.8, 4) is 22.7 Å². The largest absolute Gasteiger partial charge is 0.497 e. The maximum absolute atomic E-state index is 12.9. The molecule has 0 bridgehead atoms. The van der Waals surface area contributed by atoms with Crippen molar-refractivity contribution in [1.29, 1.82) is 0 Å². The first-order valence-electron chi connectivity index (χ1n) is 9.09. The zero-order valence-electron chi connectivity index (χ0n) is 15.8. The summed E-state index contributed by atoms with van der Waals surface area (Å²) in [5.41, 5.74) is 3.37. The summed E-state index contributed by atoms with van der Waals surface area (Å²) in [7, 11) is 1.60. The van der Waals surface area contributed by atoms with Crippen LogP contribution in [0.15, 0.2) is 79.1 Å². The quantitative estimate of drug-likeness (QED) is 0.551. The van der Waals surface area contributed by atoms with E-state index in [0.717, 1.165) is 16.8 Å². The van der Waals surface area contributed by atoms with Gasteiger partial charge in [-0.2, -0.15) is 0 Å². The number of nitrogens with one attached hydrogen (secondary N) is 1. The number of carbonyl (C=O) groups excluding carboxylic acids is 1. The minimum Gasteiger partial charge on any atom is -0.497 e. The molecule has 0 spiro atoms. The standard InChI is InChI=1S/C22H19N5O2/c1-29-19-9-5-8-18(14-19)27-21(17-10-12-23-13-11-17)20(25-26-27)22(28)24-15-16-6-3-2-4-7-16/h2-14H,15H2,1H3,(H,24,28). The van der Waals surface area contributed by atoms with Crippen LogP contribution < -0.4 is 10.1 Å². The Hall–Kier alpha value is -4.00. The van der Waals surface area contributed by atoms with Crippen LogP contribution in [0.1, 0.15) is 16.1 Å². The summed E-state index contributed by atoms with van der Waals surface area (Å²) >= 11 is 0. The molecule has 0 aliphatic heterocycles. The predicted molar refractivity (Wildman–Crippen MR) is 109 cm³/mol. The Morgan fingerprint density at radius 1 is 1.03 bits per heavy atom. The van der Waals surface area contributed by atoms with Crippen LogP contribution in [-0.2, 0) is 6.54 Å². The molecule has 0 saturated carbocycles. The first kappa shape index (κ1) is 18.4. The van der Waals surface area contributed by atoms with Gasteiger partial charge in [0.05, 0.1) is 12.8 Å². The van der Waals surface area contributed by atoms with Crippen molar-refractivity contribution >= 4 is 5.91 Å². The molecule has 7 heteroatoms. The fraction of sp³-hybridized carbons (Fsp3) is 0.0909. The number of pyridine rings is 1. The van der Waals surface area contributed by atoms with Crippen molar-refractivity contribution in [3.63, 3.8) is 0 Å². The molecule has 0 atom stereocenters. The number of ether oxygens (including phenoxy) is 1. The van der Waals surface area contributed by atoms with Crippen LogP contribution in [0.4, 0.5) is 0 Å². The zero-order chi connectivity index (χ0) is 20.1. The zero-order valence-corrected chi connectivity index (χ0v) is 15.8. The molecule has 0 unspecified atom stereocenters. The summed E-state index contributed by atoms with van der Waals surface area (Å²) in [6, 6.07) is 20.8. The number of carbonyl (C=O) groups is 1. The van der Waals surface area contributed by atoms with Gasteiger partial charge in [0.2, 0.25) is 0 Å². The predicted octanol–water partition coefficient (Wildman–Crippen LogP) is 3.27. The molecule has 2 aromatic carbocycles. The smallest absolute Gasteiger partial charge is 0.274 e. The van der Waals surface area contributed by atoms with Gasteiger partial charge in [-0.3, -0.25) is 9.78 Å². The lowest BCUT2D eigenvalue weighted by Gasteiger charge is -2.10. The van der Waals surface area contributed by atoms with Crippen LogP contribution in [0.5, 0.6) is 5.75 Å². The molecule has 2 heterocycles. The molecule has 4 rings (SSSR count). The average Bonchev–Trinajstić information content (AvgIpc) is 3.24. The van der Waals surface area contributed by atoms with Crippen molar-refractivity contribution in [2.24, 2.45) is 0 Å². The van der Waals surface area contributed by atoms with Gasteiger partial charge in [0.15, 0.2) is 5.69 Å². The van der Waals surface area contributed by atoms with E-state index < -0.39 is 0 Å². The number of aromatic nitrogens is 4. The van der Waals surface area contributed by atoms with Gasteiger partial charge in [-0.1, -0.05) is 41.6 Å². The number of amides is 1. The molecular weight excluding hydrogens is 366 g/mol. The summed E-state index contributed by atoms with van der Waals surface area (Å²) in [6.45, 7) is 0.404. The van der Waals surface area contributed by atoms with E-state index in [2.05, 4.69) is 20.6 Å². The summed E-state index contributed by atoms with van der Waals surface area (Å²) in [4.78, 5) is 17.0. The van der Waals surface area contributed by atoms with Crippen LogP contribution in [0, 0.1) is 0 Å². The van der Waals surface area contributed by atoms with Gasteiger partial charge in [-0.15, -0.1) is 5.10 Å². The van der Waals surface area contributed by atoms with E-state index in [1.165, 1.54) is 0 Å². The highest BCUT2D eigenvalue weighted by Gasteiger charge is 2.22. The monoisotopic (exact) mass is 385 g/mol. The number of methoxy groups -OCH3 is 1. The molecule has 0 fully saturated rings. The second kappa shape index (κ2) is 8.35. The van der Waals surface area contributed by atoms with E-state index in [-0.39, 0.29) is 11.6 Å². The molecule has 2 aromatic heterocycles. The van der Waals surface area contributed by atoms with Crippen molar-refractivity contribution in [2.75, 3.05) is 7.11 Å². The SMILES string of the molecule is COc1cccc(-n2nnc(C(=O)NCc3ccccc3)c2-c2ccncc2)c1. The lowest BCUT2D eigenvalue weighted by molar-refractivity contribution is 0.0946. The lowest BCUT2D eigenvalue weighted by atomic mass is 10.1. The summed E-state index contributed by atoms with van der Waals surface area (Å²) in [6.07, 6.45) is 3.34. The highest BCUT2D eigenvalue weighted by Crippen LogP contribution is 2.26. The molecule has 0 aliphatic rings. The van der Waals surface area contributed by atoms with E-state index in [4.69, 9.17) is 4.74 Å². The maximum atomic E-state index is 12.9. The molecule has 0 saturated heterocycles. The molecule has 4 aromatic rings. The topological polar surface area (TPSA) is 81.9 Å². The van der Waals surface area contributed by atoms with Crippen LogP contribution in [0.2, 0.25) is 0 Å². The number of rotatable bonds is 6. The fourth-order valence-corrected chi connectivity index (χ4v) is 2.99. The molecule has 7 nitrogen and oxygen atoms in total. The van der Waals surface area contributed by atoms with Gasteiger partial charge in [-0.05, 0) is 29.8 Å². The Balaban J connectivity index is 1.72. The molecule has 1 N–H and O–H groups in total. The van der Waals surface area contributed by atoms with E-state index in [9.17, 15) is 4.79 Å². The van der Waals surface area contributed by atoms with E-state index >= 15 is 0 Å². The Labute approximate surface area is 168 Å². The number of hydrogen-bond acceptors (Lipinski definition) is 5. The maximum Gasteiger partial charge on any atom is 0.274 e. The minimum absolute atomic E-state index is 0.245. The molecule has 144 valence electrons. The molecule has 1 amide bonds. The van der Waals surface area contributed by atoms with Gasteiger partial charge < -0.3 is 10.1 Å². The van der Waals surface area contributed by atoms with Gasteiger partial charge in [0.1, 0.15) is 11.4 Å². The fourth-order valence-electron chi connectivity index (χ4n) is 2.99. The highest BCUT2D eigenvalue weighted by molar-refractivity contribution is 5.98. The lowest BCUT2D eigenvalue weighted by Crippen LogP contribution is -2.24. The average molecular weight is 385 g/mol. The van der Waals surface area contributed by atoms with Crippen LogP contribution in [-0.4, -0.2) is 33.0 Å². The van der Waals surface area contributed by atoms with Crippen LogP contribution in [0.3, 0.4) is 0 Å². The number of nitrogens with zero attached hydrogens (tertiary/aromatic N) is 4. The number of benzene rings is 2. The Morgan fingerprint density at radius 2 is 1.83 bits per heavy atom. The third-order valence-corrected chi connectivity index (χ3v) is 4.43. The summed E-state index contributed by atoms with van der Waals surface area (Å²) < 4.78 is 6.95. The van der Waals surface area contributed by atoms with E-state index in [1.807, 2.05) is 66.7 Å². The molecule has 0 aliphatic carbocycles. The first-order valence-corrected chi connectivity index (χ1v) is 9.09. The second-order valence-electron chi connectivity index (χ2n) is 6.30. The Kier molecular flexibility index (Phi) is 5.29. The first-order chi connectivity index (χ1) is 14.3.